The van der Waals surface area contributed by atoms with E-state index in [2.05, 4.69) is 4.98 Å². The summed E-state index contributed by atoms with van der Waals surface area (Å²) in [6.45, 7) is 6.60. The zero-order valence-electron chi connectivity index (χ0n) is 11.3. The van der Waals surface area contributed by atoms with Crippen LogP contribution in [0.25, 0.3) is 11.1 Å². The summed E-state index contributed by atoms with van der Waals surface area (Å²) in [5.74, 6) is 0.820. The first-order chi connectivity index (χ1) is 9.03. The minimum atomic E-state index is -0.523. The summed E-state index contributed by atoms with van der Waals surface area (Å²) in [5.41, 5.74) is 1.48. The van der Waals surface area contributed by atoms with E-state index in [-0.39, 0.29) is 6.10 Å². The highest BCUT2D eigenvalue weighted by molar-refractivity contribution is 5.79. The summed E-state index contributed by atoms with van der Waals surface area (Å²) in [6, 6.07) is 5.64. The van der Waals surface area contributed by atoms with E-state index in [0.717, 1.165) is 11.1 Å². The van der Waals surface area contributed by atoms with Crippen molar-refractivity contribution in [3.8, 4) is 5.75 Å². The van der Waals surface area contributed by atoms with Gasteiger partial charge in [0.1, 0.15) is 18.5 Å². The van der Waals surface area contributed by atoms with Crippen molar-refractivity contribution in [2.45, 2.75) is 32.7 Å². The van der Waals surface area contributed by atoms with Crippen LogP contribution in [0, 0.1) is 6.92 Å². The van der Waals surface area contributed by atoms with Gasteiger partial charge in [-0.3, -0.25) is 0 Å². The number of para-hydroxylation sites is 1. The summed E-state index contributed by atoms with van der Waals surface area (Å²) < 4.78 is 22.4. The highest BCUT2D eigenvalue weighted by atomic mass is 16.7. The first kappa shape index (κ1) is 12.4. The highest BCUT2D eigenvalue weighted by Crippen LogP contribution is 2.27. The summed E-state index contributed by atoms with van der Waals surface area (Å²) in [4.78, 5) is 4.32. The maximum atomic E-state index is 5.78. The van der Waals surface area contributed by atoms with E-state index in [9.17, 15) is 0 Å². The van der Waals surface area contributed by atoms with Crippen LogP contribution in [0.3, 0.4) is 0 Å². The molecule has 0 amide bonds. The van der Waals surface area contributed by atoms with Crippen LogP contribution in [0.15, 0.2) is 22.6 Å². The van der Waals surface area contributed by atoms with Gasteiger partial charge in [-0.1, -0.05) is 6.07 Å². The van der Waals surface area contributed by atoms with Crippen LogP contribution in [-0.4, -0.2) is 30.1 Å². The third-order valence-corrected chi connectivity index (χ3v) is 2.98. The second-order valence-corrected chi connectivity index (χ2v) is 5.10. The monoisotopic (exact) mass is 263 g/mol. The molecule has 2 aromatic rings. The van der Waals surface area contributed by atoms with Gasteiger partial charge in [0.2, 0.25) is 0 Å². The van der Waals surface area contributed by atoms with Gasteiger partial charge in [0.25, 0.3) is 0 Å². The van der Waals surface area contributed by atoms with Gasteiger partial charge in [0, 0.05) is 6.92 Å². The predicted octanol–water partition coefficient (Wildman–Crippen LogP) is 2.67. The molecule has 1 aliphatic heterocycles. The number of aromatic nitrogens is 1. The van der Waals surface area contributed by atoms with Gasteiger partial charge < -0.3 is 18.6 Å². The number of fused-ring (bicyclic) bond motifs is 1. The predicted molar refractivity (Wildman–Crippen MR) is 69.1 cm³/mol. The fraction of sp³-hybridized carbons (Fsp3) is 0.500. The molecule has 102 valence electrons. The second kappa shape index (κ2) is 4.51. The Morgan fingerprint density at radius 1 is 1.42 bits per heavy atom. The van der Waals surface area contributed by atoms with E-state index in [1.54, 1.807) is 0 Å². The van der Waals surface area contributed by atoms with Crippen LogP contribution >= 0.6 is 0 Å². The fourth-order valence-corrected chi connectivity index (χ4v) is 2.18. The lowest BCUT2D eigenvalue weighted by molar-refractivity contribution is -0.141. The minimum absolute atomic E-state index is 0.0572. The second-order valence-electron chi connectivity index (χ2n) is 5.10. The Kier molecular flexibility index (Phi) is 2.95. The van der Waals surface area contributed by atoms with Crippen molar-refractivity contribution in [2.75, 3.05) is 13.2 Å². The molecule has 1 atom stereocenters. The van der Waals surface area contributed by atoms with E-state index >= 15 is 0 Å². The highest BCUT2D eigenvalue weighted by Gasteiger charge is 2.33. The molecule has 1 aromatic carbocycles. The zero-order chi connectivity index (χ0) is 13.5. The quantitative estimate of drug-likeness (QED) is 0.852. The topological polar surface area (TPSA) is 53.7 Å². The van der Waals surface area contributed by atoms with E-state index in [1.807, 2.05) is 39.0 Å². The third-order valence-electron chi connectivity index (χ3n) is 2.98. The van der Waals surface area contributed by atoms with Crippen molar-refractivity contribution in [3.05, 3.63) is 24.1 Å². The van der Waals surface area contributed by atoms with Crippen molar-refractivity contribution in [2.24, 2.45) is 0 Å². The van der Waals surface area contributed by atoms with Crippen molar-refractivity contribution in [3.63, 3.8) is 0 Å². The summed E-state index contributed by atoms with van der Waals surface area (Å²) in [7, 11) is 0. The SMILES string of the molecule is Cc1nc2c(OCC3COC(C)(C)O3)cccc2o1. The van der Waals surface area contributed by atoms with Crippen molar-refractivity contribution >= 4 is 11.1 Å². The molecule has 1 aliphatic rings. The molecule has 1 saturated heterocycles. The Balaban J connectivity index is 1.72. The number of aryl methyl sites for hydroxylation is 1. The fourth-order valence-electron chi connectivity index (χ4n) is 2.18. The molecule has 5 heteroatoms. The lowest BCUT2D eigenvalue weighted by atomic mass is 10.3. The molecule has 19 heavy (non-hydrogen) atoms. The molecule has 5 nitrogen and oxygen atoms in total. The van der Waals surface area contributed by atoms with Gasteiger partial charge in [0.05, 0.1) is 6.61 Å². The molecule has 1 aromatic heterocycles. The average molecular weight is 263 g/mol. The summed E-state index contributed by atoms with van der Waals surface area (Å²) in [5, 5.41) is 0. The minimum Gasteiger partial charge on any atom is -0.488 e. The van der Waals surface area contributed by atoms with Crippen molar-refractivity contribution in [1.82, 2.24) is 4.98 Å². The van der Waals surface area contributed by atoms with Gasteiger partial charge in [-0.15, -0.1) is 0 Å². The van der Waals surface area contributed by atoms with Crippen molar-refractivity contribution in [1.29, 1.82) is 0 Å². The Bertz CT molecular complexity index is 590. The number of hydrogen-bond acceptors (Lipinski definition) is 5. The normalized spacial score (nSPS) is 21.9. The molecule has 0 spiro atoms. The summed E-state index contributed by atoms with van der Waals surface area (Å²) in [6.07, 6.45) is -0.0572. The van der Waals surface area contributed by atoms with Gasteiger partial charge in [-0.25, -0.2) is 4.98 Å². The van der Waals surface area contributed by atoms with Gasteiger partial charge in [-0.05, 0) is 26.0 Å². The standard InChI is InChI=1S/C14H17NO4/c1-9-15-13-11(5-4-6-12(13)18-9)16-7-10-8-17-14(2,3)19-10/h4-6,10H,7-8H2,1-3H3. The Morgan fingerprint density at radius 2 is 2.26 bits per heavy atom. The molecular formula is C14H17NO4. The van der Waals surface area contributed by atoms with Crippen LogP contribution in [0.5, 0.6) is 5.75 Å². The number of rotatable bonds is 3. The molecule has 3 rings (SSSR count). The Hall–Kier alpha value is -1.59. The molecule has 0 aliphatic carbocycles. The number of ether oxygens (including phenoxy) is 3. The smallest absolute Gasteiger partial charge is 0.192 e. The van der Waals surface area contributed by atoms with E-state index in [0.29, 0.717) is 24.9 Å². The molecule has 1 unspecified atom stereocenters. The van der Waals surface area contributed by atoms with Crippen molar-refractivity contribution < 1.29 is 18.6 Å². The van der Waals surface area contributed by atoms with Crippen LogP contribution < -0.4 is 4.74 Å². The van der Waals surface area contributed by atoms with E-state index in [1.165, 1.54) is 0 Å². The molecule has 2 heterocycles. The molecule has 0 N–H and O–H groups in total. The number of hydrogen-bond donors (Lipinski definition) is 0. The van der Waals surface area contributed by atoms with Crippen LogP contribution in [-0.2, 0) is 9.47 Å². The lowest BCUT2D eigenvalue weighted by Gasteiger charge is -2.17. The maximum Gasteiger partial charge on any atom is 0.192 e. The first-order valence-corrected chi connectivity index (χ1v) is 6.34. The van der Waals surface area contributed by atoms with Crippen LogP contribution in [0.1, 0.15) is 19.7 Å². The van der Waals surface area contributed by atoms with E-state index in [4.69, 9.17) is 18.6 Å². The molecule has 0 radical (unpaired) electrons. The maximum absolute atomic E-state index is 5.78. The number of benzene rings is 1. The number of oxazole rings is 1. The zero-order valence-corrected chi connectivity index (χ0v) is 11.3. The molecule has 0 saturated carbocycles. The molecule has 1 fully saturated rings. The first-order valence-electron chi connectivity index (χ1n) is 6.34. The average Bonchev–Trinajstić information content (AvgIpc) is 2.88. The Morgan fingerprint density at radius 3 is 3.00 bits per heavy atom. The van der Waals surface area contributed by atoms with E-state index < -0.39 is 5.79 Å². The van der Waals surface area contributed by atoms with Gasteiger partial charge in [0.15, 0.2) is 22.8 Å². The largest absolute Gasteiger partial charge is 0.488 e. The van der Waals surface area contributed by atoms with Gasteiger partial charge >= 0.3 is 0 Å². The van der Waals surface area contributed by atoms with Crippen LogP contribution in [0.4, 0.5) is 0 Å². The molecular weight excluding hydrogens is 246 g/mol. The summed E-state index contributed by atoms with van der Waals surface area (Å²) >= 11 is 0. The third kappa shape index (κ3) is 2.57. The van der Waals surface area contributed by atoms with Crippen LogP contribution in [0.2, 0.25) is 0 Å². The van der Waals surface area contributed by atoms with Gasteiger partial charge in [-0.2, -0.15) is 0 Å². The lowest BCUT2D eigenvalue weighted by Crippen LogP contribution is -2.25. The number of nitrogens with zero attached hydrogens (tertiary/aromatic N) is 1. The Labute approximate surface area is 111 Å². The molecule has 0 bridgehead atoms.